The van der Waals surface area contributed by atoms with Gasteiger partial charge in [-0.05, 0) is 36.8 Å². The van der Waals surface area contributed by atoms with Gasteiger partial charge in [-0.15, -0.1) is 0 Å². The van der Waals surface area contributed by atoms with E-state index in [4.69, 9.17) is 9.84 Å². The summed E-state index contributed by atoms with van der Waals surface area (Å²) in [6.45, 7) is 2.34. The summed E-state index contributed by atoms with van der Waals surface area (Å²) < 4.78 is 7.04. The second-order valence-corrected chi connectivity index (χ2v) is 5.78. The Morgan fingerprint density at radius 1 is 1.12 bits per heavy atom. The zero-order valence-corrected chi connectivity index (χ0v) is 13.9. The molecule has 0 fully saturated rings. The van der Waals surface area contributed by atoms with E-state index in [0.717, 1.165) is 11.3 Å². The molecule has 25 heavy (non-hydrogen) atoms. The van der Waals surface area contributed by atoms with E-state index in [1.54, 1.807) is 35.0 Å². The van der Waals surface area contributed by atoms with Crippen molar-refractivity contribution in [1.82, 2.24) is 4.57 Å². The Bertz CT molecular complexity index is 958. The van der Waals surface area contributed by atoms with Gasteiger partial charge in [0.15, 0.2) is 5.43 Å². The lowest BCUT2D eigenvalue weighted by Crippen LogP contribution is -2.18. The van der Waals surface area contributed by atoms with E-state index in [1.165, 1.54) is 0 Å². The Balaban J connectivity index is 2.02. The molecular weight excluding hydrogens is 318 g/mol. The van der Waals surface area contributed by atoms with Crippen molar-refractivity contribution in [2.24, 2.45) is 0 Å². The molecule has 0 bridgehead atoms. The highest BCUT2D eigenvalue weighted by Crippen LogP contribution is 2.17. The molecule has 0 spiro atoms. The number of aliphatic carboxylic acids is 1. The van der Waals surface area contributed by atoms with Crippen molar-refractivity contribution < 1.29 is 14.6 Å². The van der Waals surface area contributed by atoms with Crippen molar-refractivity contribution >= 4 is 16.9 Å². The highest BCUT2D eigenvalue weighted by Gasteiger charge is 2.11. The molecule has 3 rings (SSSR count). The summed E-state index contributed by atoms with van der Waals surface area (Å²) in [5, 5.41) is 9.68. The van der Waals surface area contributed by atoms with Gasteiger partial charge in [-0.2, -0.15) is 0 Å². The first-order valence-electron chi connectivity index (χ1n) is 8.13. The fourth-order valence-electron chi connectivity index (χ4n) is 2.90. The first-order valence-corrected chi connectivity index (χ1v) is 8.13. The monoisotopic (exact) mass is 337 g/mol. The van der Waals surface area contributed by atoms with Crippen molar-refractivity contribution in [3.63, 3.8) is 0 Å². The summed E-state index contributed by atoms with van der Waals surface area (Å²) in [5.41, 5.74) is 2.11. The molecule has 1 N–H and O–H groups in total. The van der Waals surface area contributed by atoms with Gasteiger partial charge in [0.2, 0.25) is 0 Å². The van der Waals surface area contributed by atoms with Crippen LogP contribution in [0, 0.1) is 0 Å². The predicted octanol–water partition coefficient (Wildman–Crippen LogP) is 3.08. The highest BCUT2D eigenvalue weighted by atomic mass is 16.5. The molecule has 0 aliphatic carbocycles. The SMILES string of the molecule is CCOc1ccc(Cc2cn(CC(=O)O)c3ccccc3c2=O)cc1. The number of para-hydroxylation sites is 1. The van der Waals surface area contributed by atoms with Crippen LogP contribution in [0.5, 0.6) is 5.75 Å². The van der Waals surface area contributed by atoms with Crippen LogP contribution in [0.25, 0.3) is 10.9 Å². The fourth-order valence-corrected chi connectivity index (χ4v) is 2.90. The standard InChI is InChI=1S/C20H19NO4/c1-2-25-16-9-7-14(8-10-16)11-15-12-21(13-19(22)23)18-6-4-3-5-17(18)20(15)24/h3-10,12H,2,11,13H2,1H3,(H,22,23). The largest absolute Gasteiger partial charge is 0.494 e. The van der Waals surface area contributed by atoms with Gasteiger partial charge in [-0.25, -0.2) is 0 Å². The molecule has 1 aromatic heterocycles. The maximum atomic E-state index is 12.8. The maximum Gasteiger partial charge on any atom is 0.323 e. The number of aromatic nitrogens is 1. The lowest BCUT2D eigenvalue weighted by molar-refractivity contribution is -0.137. The van der Waals surface area contributed by atoms with Gasteiger partial charge in [0.05, 0.1) is 12.1 Å². The van der Waals surface area contributed by atoms with Crippen LogP contribution in [-0.2, 0) is 17.8 Å². The third-order valence-electron chi connectivity index (χ3n) is 4.00. The molecule has 1 heterocycles. The summed E-state index contributed by atoms with van der Waals surface area (Å²) in [6.07, 6.45) is 2.09. The van der Waals surface area contributed by atoms with Crippen LogP contribution in [0.4, 0.5) is 0 Å². The number of hydrogen-bond acceptors (Lipinski definition) is 3. The van der Waals surface area contributed by atoms with E-state index in [-0.39, 0.29) is 12.0 Å². The molecule has 0 atom stereocenters. The lowest BCUT2D eigenvalue weighted by Gasteiger charge is -2.12. The van der Waals surface area contributed by atoms with Gasteiger partial charge < -0.3 is 14.4 Å². The molecule has 0 unspecified atom stereocenters. The molecule has 0 saturated heterocycles. The smallest absolute Gasteiger partial charge is 0.323 e. The lowest BCUT2D eigenvalue weighted by atomic mass is 10.0. The fraction of sp³-hybridized carbons (Fsp3) is 0.200. The van der Waals surface area contributed by atoms with Gasteiger partial charge in [-0.3, -0.25) is 9.59 Å². The Morgan fingerprint density at radius 3 is 2.52 bits per heavy atom. The molecule has 0 amide bonds. The van der Waals surface area contributed by atoms with Crippen molar-refractivity contribution in [2.45, 2.75) is 19.9 Å². The average Bonchev–Trinajstić information content (AvgIpc) is 2.60. The zero-order chi connectivity index (χ0) is 17.8. The summed E-state index contributed by atoms with van der Waals surface area (Å²) in [4.78, 5) is 23.9. The van der Waals surface area contributed by atoms with Crippen LogP contribution in [0.3, 0.4) is 0 Å². The Kier molecular flexibility index (Phi) is 4.84. The van der Waals surface area contributed by atoms with Crippen LogP contribution in [-0.4, -0.2) is 22.2 Å². The van der Waals surface area contributed by atoms with E-state index >= 15 is 0 Å². The van der Waals surface area contributed by atoms with Crippen molar-refractivity contribution in [2.75, 3.05) is 6.61 Å². The molecule has 5 nitrogen and oxygen atoms in total. The Labute approximate surface area is 145 Å². The summed E-state index contributed by atoms with van der Waals surface area (Å²) >= 11 is 0. The van der Waals surface area contributed by atoms with Crippen LogP contribution in [0.1, 0.15) is 18.1 Å². The number of fused-ring (bicyclic) bond motifs is 1. The van der Waals surface area contributed by atoms with Gasteiger partial charge in [0, 0.05) is 23.6 Å². The minimum absolute atomic E-state index is 0.0638. The topological polar surface area (TPSA) is 68.5 Å². The normalized spacial score (nSPS) is 10.8. The van der Waals surface area contributed by atoms with Crippen molar-refractivity contribution in [3.8, 4) is 5.75 Å². The Morgan fingerprint density at radius 2 is 1.84 bits per heavy atom. The van der Waals surface area contributed by atoms with Gasteiger partial charge in [0.1, 0.15) is 12.3 Å². The molecule has 3 aromatic rings. The average molecular weight is 337 g/mol. The molecule has 0 saturated carbocycles. The van der Waals surface area contributed by atoms with Crippen molar-refractivity contribution in [1.29, 1.82) is 0 Å². The van der Waals surface area contributed by atoms with E-state index in [0.29, 0.717) is 29.5 Å². The van der Waals surface area contributed by atoms with E-state index < -0.39 is 5.97 Å². The second kappa shape index (κ2) is 7.21. The summed E-state index contributed by atoms with van der Waals surface area (Å²) in [7, 11) is 0. The minimum Gasteiger partial charge on any atom is -0.494 e. The number of rotatable bonds is 6. The van der Waals surface area contributed by atoms with Crippen LogP contribution in [0.15, 0.2) is 59.5 Å². The third kappa shape index (κ3) is 3.71. The van der Waals surface area contributed by atoms with E-state index in [1.807, 2.05) is 31.2 Å². The number of benzene rings is 2. The molecule has 0 aliphatic rings. The molecule has 0 aliphatic heterocycles. The Hall–Kier alpha value is -3.08. The quantitative estimate of drug-likeness (QED) is 0.750. The van der Waals surface area contributed by atoms with E-state index in [2.05, 4.69) is 0 Å². The molecule has 128 valence electrons. The number of hydrogen-bond donors (Lipinski definition) is 1. The maximum absolute atomic E-state index is 12.8. The van der Waals surface area contributed by atoms with Crippen LogP contribution >= 0.6 is 0 Å². The number of ether oxygens (including phenoxy) is 1. The predicted molar refractivity (Wildman–Crippen MR) is 96.3 cm³/mol. The first kappa shape index (κ1) is 16.8. The van der Waals surface area contributed by atoms with Gasteiger partial charge in [-0.1, -0.05) is 24.3 Å². The molecule has 0 radical (unpaired) electrons. The first-order chi connectivity index (χ1) is 12.1. The highest BCUT2D eigenvalue weighted by molar-refractivity contribution is 5.81. The molecule has 5 heteroatoms. The zero-order valence-electron chi connectivity index (χ0n) is 13.9. The number of carboxylic acids is 1. The number of carbonyl (C=O) groups is 1. The van der Waals surface area contributed by atoms with Crippen molar-refractivity contribution in [3.05, 3.63) is 76.1 Å². The van der Waals surface area contributed by atoms with Crippen LogP contribution < -0.4 is 10.2 Å². The minimum atomic E-state index is -0.944. The van der Waals surface area contributed by atoms with Crippen LogP contribution in [0.2, 0.25) is 0 Å². The molecular formula is C20H19NO4. The number of carboxylic acid groups (broad SMARTS) is 1. The molecule has 2 aromatic carbocycles. The second-order valence-electron chi connectivity index (χ2n) is 5.78. The van der Waals surface area contributed by atoms with Gasteiger partial charge in [0.25, 0.3) is 0 Å². The third-order valence-corrected chi connectivity index (χ3v) is 4.00. The van der Waals surface area contributed by atoms with E-state index in [9.17, 15) is 9.59 Å². The number of nitrogens with zero attached hydrogens (tertiary/aromatic N) is 1. The number of pyridine rings is 1. The summed E-state index contributed by atoms with van der Waals surface area (Å²) in [5.74, 6) is -0.158. The summed E-state index contributed by atoms with van der Waals surface area (Å²) in [6, 6.07) is 14.7. The van der Waals surface area contributed by atoms with Gasteiger partial charge >= 0.3 is 5.97 Å².